The molecule has 2 N–H and O–H groups in total. The first kappa shape index (κ1) is 11.5. The molecule has 0 amide bonds. The summed E-state index contributed by atoms with van der Waals surface area (Å²) in [7, 11) is 1.91. The number of aromatic nitrogens is 2. The van der Waals surface area contributed by atoms with Crippen LogP contribution in [0.1, 0.15) is 12.7 Å². The number of hydrogen-bond donors (Lipinski definition) is 1. The van der Waals surface area contributed by atoms with Crippen molar-refractivity contribution in [1.29, 1.82) is 0 Å². The standard InChI is InChI=1S/C13H17N3O/c1-4-17-11-7-5-10(6-8-11)12-13(14)16(3)9(2)15-12/h5-8H,4,14H2,1-3H3. The molecular weight excluding hydrogens is 214 g/mol. The SMILES string of the molecule is CCOc1ccc(-c2nc(C)n(C)c2N)cc1. The summed E-state index contributed by atoms with van der Waals surface area (Å²) in [5, 5.41) is 0. The lowest BCUT2D eigenvalue weighted by Crippen LogP contribution is -1.98. The maximum atomic E-state index is 6.00. The molecule has 0 aliphatic heterocycles. The van der Waals surface area contributed by atoms with E-state index in [0.29, 0.717) is 12.4 Å². The first-order valence-corrected chi connectivity index (χ1v) is 5.65. The van der Waals surface area contributed by atoms with E-state index in [1.54, 1.807) is 0 Å². The van der Waals surface area contributed by atoms with Crippen LogP contribution in [0.25, 0.3) is 11.3 Å². The predicted molar refractivity (Wildman–Crippen MR) is 69.0 cm³/mol. The van der Waals surface area contributed by atoms with Gasteiger partial charge in [0.2, 0.25) is 0 Å². The molecule has 1 aromatic heterocycles. The van der Waals surface area contributed by atoms with Crippen molar-refractivity contribution in [1.82, 2.24) is 9.55 Å². The Bertz CT molecular complexity index is 514. The summed E-state index contributed by atoms with van der Waals surface area (Å²) in [4.78, 5) is 4.45. The van der Waals surface area contributed by atoms with Crippen LogP contribution in [0, 0.1) is 6.92 Å². The van der Waals surface area contributed by atoms with Gasteiger partial charge in [0.1, 0.15) is 23.1 Å². The number of imidazole rings is 1. The molecule has 17 heavy (non-hydrogen) atoms. The number of nitrogen functional groups attached to an aromatic ring is 1. The summed E-state index contributed by atoms with van der Waals surface area (Å²) in [5.41, 5.74) is 7.84. The minimum Gasteiger partial charge on any atom is -0.494 e. The zero-order chi connectivity index (χ0) is 12.4. The second kappa shape index (κ2) is 4.49. The van der Waals surface area contributed by atoms with Gasteiger partial charge in [-0.25, -0.2) is 4.98 Å². The van der Waals surface area contributed by atoms with E-state index in [2.05, 4.69) is 4.98 Å². The predicted octanol–water partition coefficient (Wildman–Crippen LogP) is 2.38. The van der Waals surface area contributed by atoms with Crippen molar-refractivity contribution in [2.75, 3.05) is 12.3 Å². The molecule has 0 radical (unpaired) electrons. The van der Waals surface area contributed by atoms with E-state index in [1.807, 2.05) is 49.7 Å². The maximum Gasteiger partial charge on any atom is 0.131 e. The van der Waals surface area contributed by atoms with Crippen LogP contribution in [0.15, 0.2) is 24.3 Å². The van der Waals surface area contributed by atoms with Crippen LogP contribution in [0.3, 0.4) is 0 Å². The van der Waals surface area contributed by atoms with Gasteiger partial charge < -0.3 is 15.0 Å². The third-order valence-corrected chi connectivity index (χ3v) is 2.80. The van der Waals surface area contributed by atoms with E-state index in [9.17, 15) is 0 Å². The molecule has 0 atom stereocenters. The first-order chi connectivity index (χ1) is 8.13. The zero-order valence-corrected chi connectivity index (χ0v) is 10.4. The Labute approximate surface area is 101 Å². The number of hydrogen-bond acceptors (Lipinski definition) is 3. The molecule has 90 valence electrons. The average molecular weight is 231 g/mol. The number of benzene rings is 1. The Morgan fingerprint density at radius 1 is 1.29 bits per heavy atom. The Balaban J connectivity index is 2.36. The molecule has 0 fully saturated rings. The minimum atomic E-state index is 0.671. The Morgan fingerprint density at radius 2 is 1.94 bits per heavy atom. The molecule has 1 aromatic carbocycles. The van der Waals surface area contributed by atoms with Gasteiger partial charge in [0, 0.05) is 12.6 Å². The Morgan fingerprint density at radius 3 is 2.41 bits per heavy atom. The summed E-state index contributed by atoms with van der Waals surface area (Å²) >= 11 is 0. The largest absolute Gasteiger partial charge is 0.494 e. The van der Waals surface area contributed by atoms with Crippen LogP contribution < -0.4 is 10.5 Å². The third-order valence-electron chi connectivity index (χ3n) is 2.80. The number of ether oxygens (including phenoxy) is 1. The van der Waals surface area contributed by atoms with Gasteiger partial charge in [0.25, 0.3) is 0 Å². The highest BCUT2D eigenvalue weighted by atomic mass is 16.5. The molecule has 4 heteroatoms. The molecule has 0 aliphatic rings. The second-order valence-corrected chi connectivity index (χ2v) is 3.91. The number of rotatable bonds is 3. The lowest BCUT2D eigenvalue weighted by Gasteiger charge is -2.04. The molecule has 0 saturated heterocycles. The van der Waals surface area contributed by atoms with Crippen LogP contribution >= 0.6 is 0 Å². The number of aryl methyl sites for hydroxylation is 1. The molecule has 4 nitrogen and oxygen atoms in total. The van der Waals surface area contributed by atoms with Crippen LogP contribution in [-0.2, 0) is 7.05 Å². The fourth-order valence-electron chi connectivity index (χ4n) is 1.72. The van der Waals surface area contributed by atoms with E-state index >= 15 is 0 Å². The fraction of sp³-hybridized carbons (Fsp3) is 0.308. The molecule has 2 rings (SSSR count). The highest BCUT2D eigenvalue weighted by Crippen LogP contribution is 2.26. The quantitative estimate of drug-likeness (QED) is 0.882. The van der Waals surface area contributed by atoms with Crippen molar-refractivity contribution in [3.63, 3.8) is 0 Å². The van der Waals surface area contributed by atoms with Crippen LogP contribution in [-0.4, -0.2) is 16.2 Å². The van der Waals surface area contributed by atoms with E-state index in [0.717, 1.165) is 22.8 Å². The molecule has 0 saturated carbocycles. The van der Waals surface area contributed by atoms with Gasteiger partial charge in [-0.2, -0.15) is 0 Å². The van der Waals surface area contributed by atoms with Crippen LogP contribution in [0.2, 0.25) is 0 Å². The number of nitrogens with two attached hydrogens (primary N) is 1. The van der Waals surface area contributed by atoms with E-state index < -0.39 is 0 Å². The molecule has 0 bridgehead atoms. The van der Waals surface area contributed by atoms with Gasteiger partial charge >= 0.3 is 0 Å². The van der Waals surface area contributed by atoms with Crippen molar-refractivity contribution in [3.8, 4) is 17.0 Å². The summed E-state index contributed by atoms with van der Waals surface area (Å²) in [5.74, 6) is 2.46. The van der Waals surface area contributed by atoms with Crippen LogP contribution in [0.4, 0.5) is 5.82 Å². The lowest BCUT2D eigenvalue weighted by atomic mass is 10.1. The summed E-state index contributed by atoms with van der Waals surface area (Å²) < 4.78 is 7.28. The highest BCUT2D eigenvalue weighted by molar-refractivity contribution is 5.71. The van der Waals surface area contributed by atoms with E-state index in [4.69, 9.17) is 10.5 Å². The van der Waals surface area contributed by atoms with Crippen molar-refractivity contribution >= 4 is 5.82 Å². The third kappa shape index (κ3) is 2.11. The van der Waals surface area contributed by atoms with E-state index in [-0.39, 0.29) is 0 Å². The number of nitrogens with zero attached hydrogens (tertiary/aromatic N) is 2. The Kier molecular flexibility index (Phi) is 3.04. The average Bonchev–Trinajstić information content (AvgIpc) is 2.59. The summed E-state index contributed by atoms with van der Waals surface area (Å²) in [6.45, 7) is 4.58. The van der Waals surface area contributed by atoms with Gasteiger partial charge in [-0.3, -0.25) is 0 Å². The van der Waals surface area contributed by atoms with Gasteiger partial charge in [-0.15, -0.1) is 0 Å². The Hall–Kier alpha value is -1.97. The smallest absolute Gasteiger partial charge is 0.131 e. The van der Waals surface area contributed by atoms with Crippen molar-refractivity contribution < 1.29 is 4.74 Å². The van der Waals surface area contributed by atoms with E-state index in [1.165, 1.54) is 0 Å². The fourth-order valence-corrected chi connectivity index (χ4v) is 1.72. The molecule has 0 spiro atoms. The lowest BCUT2D eigenvalue weighted by molar-refractivity contribution is 0.340. The van der Waals surface area contributed by atoms with Gasteiger partial charge in [-0.05, 0) is 38.1 Å². The van der Waals surface area contributed by atoms with Gasteiger partial charge in [0.15, 0.2) is 0 Å². The maximum absolute atomic E-state index is 6.00. The first-order valence-electron chi connectivity index (χ1n) is 5.65. The molecule has 1 heterocycles. The van der Waals surface area contributed by atoms with Crippen molar-refractivity contribution in [3.05, 3.63) is 30.1 Å². The van der Waals surface area contributed by atoms with Crippen molar-refractivity contribution in [2.24, 2.45) is 7.05 Å². The zero-order valence-electron chi connectivity index (χ0n) is 10.4. The molecule has 0 unspecified atom stereocenters. The molecule has 2 aromatic rings. The van der Waals surface area contributed by atoms with Gasteiger partial charge in [0.05, 0.1) is 6.61 Å². The second-order valence-electron chi connectivity index (χ2n) is 3.91. The monoisotopic (exact) mass is 231 g/mol. The summed E-state index contributed by atoms with van der Waals surface area (Å²) in [6.07, 6.45) is 0. The topological polar surface area (TPSA) is 53.1 Å². The number of anilines is 1. The highest BCUT2D eigenvalue weighted by Gasteiger charge is 2.10. The molecular formula is C13H17N3O. The summed E-state index contributed by atoms with van der Waals surface area (Å²) in [6, 6.07) is 7.82. The molecule has 0 aliphatic carbocycles. The van der Waals surface area contributed by atoms with Gasteiger partial charge in [-0.1, -0.05) is 0 Å². The minimum absolute atomic E-state index is 0.671. The van der Waals surface area contributed by atoms with Crippen molar-refractivity contribution in [2.45, 2.75) is 13.8 Å². The normalized spacial score (nSPS) is 10.5. The van der Waals surface area contributed by atoms with Crippen LogP contribution in [0.5, 0.6) is 5.75 Å².